The predicted molar refractivity (Wildman–Crippen MR) is 91.4 cm³/mol. The van der Waals surface area contributed by atoms with Crippen LogP contribution >= 0.6 is 0 Å². The van der Waals surface area contributed by atoms with Crippen LogP contribution in [-0.4, -0.2) is 41.2 Å². The fourth-order valence-corrected chi connectivity index (χ4v) is 5.11. The molecule has 1 aromatic rings. The van der Waals surface area contributed by atoms with Gasteiger partial charge >= 0.3 is 5.97 Å². The highest BCUT2D eigenvalue weighted by Crippen LogP contribution is 2.43. The minimum atomic E-state index is -1.50. The smallest absolute Gasteiger partial charge is 0.343 e. The molecule has 0 aromatic heterocycles. The van der Waals surface area contributed by atoms with E-state index in [0.717, 1.165) is 38.5 Å². The Labute approximate surface area is 143 Å². The molecule has 2 aliphatic heterocycles. The highest BCUT2D eigenvalue weighted by Gasteiger charge is 2.52. The Morgan fingerprint density at radius 2 is 1.88 bits per heavy atom. The molecule has 0 amide bonds. The van der Waals surface area contributed by atoms with Crippen molar-refractivity contribution in [3.05, 3.63) is 35.9 Å². The largest absolute Gasteiger partial charge is 0.458 e. The van der Waals surface area contributed by atoms with Crippen LogP contribution in [0.4, 0.5) is 0 Å². The second-order valence-corrected chi connectivity index (χ2v) is 7.76. The number of hydrogen-bond acceptors (Lipinski definition) is 4. The molecule has 2 bridgehead atoms. The van der Waals surface area contributed by atoms with Gasteiger partial charge in [-0.2, -0.15) is 0 Å². The summed E-state index contributed by atoms with van der Waals surface area (Å²) < 4.78 is 5.92. The first-order chi connectivity index (χ1) is 11.6. The average Bonchev–Trinajstić information content (AvgIpc) is 3.32. The maximum absolute atomic E-state index is 13.1. The summed E-state index contributed by atoms with van der Waals surface area (Å²) in [6.07, 6.45) is 7.04. The van der Waals surface area contributed by atoms with E-state index in [9.17, 15) is 9.90 Å². The quantitative estimate of drug-likeness (QED) is 0.863. The van der Waals surface area contributed by atoms with Crippen molar-refractivity contribution in [1.29, 1.82) is 0 Å². The molecule has 4 heteroatoms. The molecular weight excluding hydrogens is 302 g/mol. The summed E-state index contributed by atoms with van der Waals surface area (Å²) in [5, 5.41) is 11.5. The first kappa shape index (κ1) is 16.1. The molecule has 1 unspecified atom stereocenters. The maximum Gasteiger partial charge on any atom is 0.343 e. The minimum absolute atomic E-state index is 0.0382. The van der Waals surface area contributed by atoms with Gasteiger partial charge in [-0.25, -0.2) is 4.79 Å². The molecule has 3 fully saturated rings. The van der Waals surface area contributed by atoms with Gasteiger partial charge in [-0.3, -0.25) is 4.90 Å². The molecule has 130 valence electrons. The molecule has 0 radical (unpaired) electrons. The lowest BCUT2D eigenvalue weighted by Gasteiger charge is -2.34. The van der Waals surface area contributed by atoms with E-state index in [1.54, 1.807) is 0 Å². The molecular formula is C20H27NO3. The maximum atomic E-state index is 13.1. The van der Waals surface area contributed by atoms with Crippen LogP contribution in [0.25, 0.3) is 0 Å². The summed E-state index contributed by atoms with van der Waals surface area (Å²) in [6.45, 7) is 0. The lowest BCUT2D eigenvalue weighted by molar-refractivity contribution is -0.180. The zero-order valence-corrected chi connectivity index (χ0v) is 14.4. The number of aliphatic hydroxyl groups is 1. The van der Waals surface area contributed by atoms with Gasteiger partial charge in [0.1, 0.15) is 6.10 Å². The third-order valence-corrected chi connectivity index (χ3v) is 6.56. The summed E-state index contributed by atoms with van der Waals surface area (Å²) in [5.74, 6) is -0.477. The van der Waals surface area contributed by atoms with Gasteiger partial charge < -0.3 is 9.84 Å². The molecule has 0 spiro atoms. The number of likely N-dealkylation sites (N-methyl/N-ethyl adjacent to an activating group) is 1. The van der Waals surface area contributed by atoms with Gasteiger partial charge in [0.2, 0.25) is 0 Å². The fourth-order valence-electron chi connectivity index (χ4n) is 5.11. The summed E-state index contributed by atoms with van der Waals surface area (Å²) in [4.78, 5) is 15.4. The number of benzene rings is 1. The first-order valence-corrected chi connectivity index (χ1v) is 9.31. The van der Waals surface area contributed by atoms with E-state index in [0.29, 0.717) is 17.6 Å². The summed E-state index contributed by atoms with van der Waals surface area (Å²) in [5.41, 5.74) is -0.823. The van der Waals surface area contributed by atoms with Crippen molar-refractivity contribution in [2.75, 3.05) is 7.05 Å². The minimum Gasteiger partial charge on any atom is -0.458 e. The van der Waals surface area contributed by atoms with Crippen LogP contribution < -0.4 is 0 Å². The zero-order chi connectivity index (χ0) is 16.7. The van der Waals surface area contributed by atoms with Crippen molar-refractivity contribution in [2.45, 2.75) is 68.7 Å². The average molecular weight is 329 g/mol. The van der Waals surface area contributed by atoms with Crippen molar-refractivity contribution in [1.82, 2.24) is 4.90 Å². The SMILES string of the molecule is CN1C2CC[C@@H]1[C@H](OC(=O)[C@@](O)(c1ccccc1)C1CCCC1)C2. The Morgan fingerprint density at radius 1 is 1.17 bits per heavy atom. The van der Waals surface area contributed by atoms with Crippen LogP contribution in [0.15, 0.2) is 30.3 Å². The Hall–Kier alpha value is -1.39. The van der Waals surface area contributed by atoms with Crippen LogP contribution in [-0.2, 0) is 15.1 Å². The number of carbonyl (C=O) groups excluding carboxylic acids is 1. The van der Waals surface area contributed by atoms with Crippen molar-refractivity contribution in [3.63, 3.8) is 0 Å². The standard InChI is InChI=1S/C20H27NO3/c1-21-16-11-12-17(21)18(13-16)24-19(22)20(23,15-9-5-6-10-15)14-7-3-2-4-8-14/h2-4,7-8,15-18,23H,5-6,9-13H2,1H3/t16?,17-,18-,20-/m1/s1. The fraction of sp³-hybridized carbons (Fsp3) is 0.650. The number of hydrogen-bond donors (Lipinski definition) is 1. The Morgan fingerprint density at radius 3 is 2.46 bits per heavy atom. The van der Waals surface area contributed by atoms with E-state index < -0.39 is 11.6 Å². The van der Waals surface area contributed by atoms with Gasteiger partial charge in [0.05, 0.1) is 0 Å². The molecule has 1 saturated carbocycles. The molecule has 4 rings (SSSR count). The molecule has 1 aliphatic carbocycles. The first-order valence-electron chi connectivity index (χ1n) is 9.31. The van der Waals surface area contributed by atoms with E-state index in [4.69, 9.17) is 4.74 Å². The van der Waals surface area contributed by atoms with Crippen molar-refractivity contribution in [3.8, 4) is 0 Å². The Kier molecular flexibility index (Phi) is 4.13. The molecule has 2 saturated heterocycles. The van der Waals surface area contributed by atoms with Crippen molar-refractivity contribution in [2.24, 2.45) is 5.92 Å². The molecule has 24 heavy (non-hydrogen) atoms. The van der Waals surface area contributed by atoms with Crippen LogP contribution in [0, 0.1) is 5.92 Å². The number of nitrogens with zero attached hydrogens (tertiary/aromatic N) is 1. The Bertz CT molecular complexity index is 598. The van der Waals surface area contributed by atoms with Crippen molar-refractivity contribution < 1.29 is 14.6 Å². The highest BCUT2D eigenvalue weighted by molar-refractivity contribution is 5.82. The van der Waals surface area contributed by atoms with E-state index in [2.05, 4.69) is 11.9 Å². The highest BCUT2D eigenvalue weighted by atomic mass is 16.6. The van der Waals surface area contributed by atoms with Gasteiger partial charge in [-0.1, -0.05) is 43.2 Å². The number of ether oxygens (including phenoxy) is 1. The number of fused-ring (bicyclic) bond motifs is 2. The zero-order valence-electron chi connectivity index (χ0n) is 14.4. The van der Waals surface area contributed by atoms with Gasteiger partial charge in [-0.05, 0) is 38.3 Å². The third kappa shape index (κ3) is 2.47. The molecule has 2 heterocycles. The normalized spacial score (nSPS) is 32.8. The number of rotatable bonds is 4. The van der Waals surface area contributed by atoms with Crippen LogP contribution in [0.2, 0.25) is 0 Å². The third-order valence-electron chi connectivity index (χ3n) is 6.56. The lowest BCUT2D eigenvalue weighted by atomic mass is 9.80. The van der Waals surface area contributed by atoms with E-state index in [1.807, 2.05) is 30.3 Å². The van der Waals surface area contributed by atoms with E-state index in [1.165, 1.54) is 6.42 Å². The Balaban J connectivity index is 1.58. The van der Waals surface area contributed by atoms with E-state index >= 15 is 0 Å². The summed E-state index contributed by atoms with van der Waals surface area (Å²) in [6, 6.07) is 10.2. The van der Waals surface area contributed by atoms with Crippen LogP contribution in [0.5, 0.6) is 0 Å². The molecule has 4 nitrogen and oxygen atoms in total. The molecule has 4 atom stereocenters. The monoisotopic (exact) mass is 329 g/mol. The topological polar surface area (TPSA) is 49.8 Å². The van der Waals surface area contributed by atoms with Gasteiger partial charge in [-0.15, -0.1) is 0 Å². The van der Waals surface area contributed by atoms with E-state index in [-0.39, 0.29) is 12.0 Å². The molecule has 1 N–H and O–H groups in total. The second-order valence-electron chi connectivity index (χ2n) is 7.76. The van der Waals surface area contributed by atoms with Crippen LogP contribution in [0.1, 0.15) is 50.5 Å². The number of esters is 1. The van der Waals surface area contributed by atoms with Crippen molar-refractivity contribution >= 4 is 5.97 Å². The number of carbonyl (C=O) groups is 1. The molecule has 3 aliphatic rings. The van der Waals surface area contributed by atoms with Gasteiger partial charge in [0.25, 0.3) is 0 Å². The summed E-state index contributed by atoms with van der Waals surface area (Å²) >= 11 is 0. The van der Waals surface area contributed by atoms with Crippen LogP contribution in [0.3, 0.4) is 0 Å². The summed E-state index contributed by atoms with van der Waals surface area (Å²) in [7, 11) is 2.12. The van der Waals surface area contributed by atoms with Gasteiger partial charge in [0.15, 0.2) is 5.60 Å². The second kappa shape index (κ2) is 6.16. The molecule has 1 aromatic carbocycles. The lowest BCUT2D eigenvalue weighted by Crippen LogP contribution is -2.46. The predicted octanol–water partition coefficient (Wildman–Crippen LogP) is 2.84. The van der Waals surface area contributed by atoms with Gasteiger partial charge in [0, 0.05) is 24.4 Å².